The van der Waals surface area contributed by atoms with Gasteiger partial charge in [0.15, 0.2) is 6.61 Å². The third-order valence-corrected chi connectivity index (χ3v) is 4.49. The molecule has 1 unspecified atom stereocenters. The summed E-state index contributed by atoms with van der Waals surface area (Å²) in [6.07, 6.45) is 3.02. The number of amides is 1. The molecule has 24 heavy (non-hydrogen) atoms. The summed E-state index contributed by atoms with van der Waals surface area (Å²) < 4.78 is 5.47. The summed E-state index contributed by atoms with van der Waals surface area (Å²) in [6.45, 7) is 0.873. The zero-order chi connectivity index (χ0) is 16.9. The maximum absolute atomic E-state index is 10.9. The Hall–Kier alpha value is -2.04. The number of benzene rings is 2. The van der Waals surface area contributed by atoms with Crippen LogP contribution in [0, 0.1) is 0 Å². The average molecular weight is 345 g/mol. The van der Waals surface area contributed by atoms with Crippen LogP contribution in [0.4, 0.5) is 0 Å². The molecule has 0 saturated carbocycles. The number of halogens is 1. The maximum Gasteiger partial charge on any atom is 0.255 e. The van der Waals surface area contributed by atoms with Crippen LogP contribution < -0.4 is 15.8 Å². The first-order valence-electron chi connectivity index (χ1n) is 8.13. The SMILES string of the molecule is NC(=O)COc1ccc2c(c1)C(Cc1ccc(Cl)cc1)NCCC2. The van der Waals surface area contributed by atoms with Crippen molar-refractivity contribution in [1.82, 2.24) is 5.32 Å². The van der Waals surface area contributed by atoms with Crippen molar-refractivity contribution >= 4 is 17.5 Å². The molecule has 126 valence electrons. The number of fused-ring (bicyclic) bond motifs is 1. The van der Waals surface area contributed by atoms with Crippen molar-refractivity contribution in [3.63, 3.8) is 0 Å². The van der Waals surface area contributed by atoms with Gasteiger partial charge in [-0.3, -0.25) is 4.79 Å². The largest absolute Gasteiger partial charge is 0.484 e. The smallest absolute Gasteiger partial charge is 0.255 e. The van der Waals surface area contributed by atoms with E-state index in [2.05, 4.69) is 23.5 Å². The van der Waals surface area contributed by atoms with E-state index in [0.29, 0.717) is 5.75 Å². The van der Waals surface area contributed by atoms with Crippen LogP contribution in [-0.4, -0.2) is 19.1 Å². The Morgan fingerprint density at radius 3 is 2.79 bits per heavy atom. The molecule has 0 spiro atoms. The van der Waals surface area contributed by atoms with Crippen LogP contribution in [0.2, 0.25) is 5.02 Å². The number of nitrogens with one attached hydrogen (secondary N) is 1. The van der Waals surface area contributed by atoms with E-state index in [1.54, 1.807) is 0 Å². The Morgan fingerprint density at radius 2 is 2.04 bits per heavy atom. The van der Waals surface area contributed by atoms with E-state index in [1.165, 1.54) is 16.7 Å². The fourth-order valence-corrected chi connectivity index (χ4v) is 3.20. The van der Waals surface area contributed by atoms with Crippen molar-refractivity contribution in [3.05, 3.63) is 64.2 Å². The molecule has 2 aromatic carbocycles. The van der Waals surface area contributed by atoms with Gasteiger partial charge in [0, 0.05) is 11.1 Å². The number of carbonyl (C=O) groups excluding carboxylic acids is 1. The number of hydrogen-bond acceptors (Lipinski definition) is 3. The second-order valence-corrected chi connectivity index (χ2v) is 6.49. The molecule has 1 aliphatic rings. The number of nitrogens with two attached hydrogens (primary N) is 1. The molecule has 1 heterocycles. The van der Waals surface area contributed by atoms with Gasteiger partial charge in [-0.1, -0.05) is 29.8 Å². The van der Waals surface area contributed by atoms with Gasteiger partial charge in [-0.05, 0) is 66.8 Å². The lowest BCUT2D eigenvalue weighted by Gasteiger charge is -2.20. The van der Waals surface area contributed by atoms with Gasteiger partial charge in [0.2, 0.25) is 0 Å². The molecule has 1 amide bonds. The van der Waals surface area contributed by atoms with E-state index in [9.17, 15) is 4.79 Å². The van der Waals surface area contributed by atoms with Gasteiger partial charge in [-0.2, -0.15) is 0 Å². The molecule has 0 aliphatic carbocycles. The minimum absolute atomic E-state index is 0.103. The van der Waals surface area contributed by atoms with Crippen molar-refractivity contribution in [2.75, 3.05) is 13.2 Å². The highest BCUT2D eigenvalue weighted by molar-refractivity contribution is 6.30. The highest BCUT2D eigenvalue weighted by Crippen LogP contribution is 2.29. The molecule has 1 aliphatic heterocycles. The van der Waals surface area contributed by atoms with E-state index in [-0.39, 0.29) is 12.6 Å². The van der Waals surface area contributed by atoms with Gasteiger partial charge in [-0.15, -0.1) is 0 Å². The van der Waals surface area contributed by atoms with Crippen LogP contribution in [0.3, 0.4) is 0 Å². The summed E-state index contributed by atoms with van der Waals surface area (Å²) in [5.41, 5.74) is 8.94. The number of ether oxygens (including phenoxy) is 1. The van der Waals surface area contributed by atoms with Crippen LogP contribution >= 0.6 is 11.6 Å². The normalized spacial score (nSPS) is 17.0. The lowest BCUT2D eigenvalue weighted by atomic mass is 9.94. The first-order chi connectivity index (χ1) is 11.6. The second kappa shape index (κ2) is 7.69. The highest BCUT2D eigenvalue weighted by atomic mass is 35.5. The predicted octanol–water partition coefficient (Wildman–Crippen LogP) is 3.02. The van der Waals surface area contributed by atoms with Gasteiger partial charge < -0.3 is 15.8 Å². The molecule has 0 fully saturated rings. The first-order valence-corrected chi connectivity index (χ1v) is 8.51. The molecule has 0 saturated heterocycles. The predicted molar refractivity (Wildman–Crippen MR) is 95.4 cm³/mol. The summed E-state index contributed by atoms with van der Waals surface area (Å²) in [5, 5.41) is 4.36. The number of aryl methyl sites for hydroxylation is 1. The molecule has 3 N–H and O–H groups in total. The van der Waals surface area contributed by atoms with E-state index in [4.69, 9.17) is 22.1 Å². The van der Waals surface area contributed by atoms with Gasteiger partial charge in [0.05, 0.1) is 0 Å². The zero-order valence-electron chi connectivity index (χ0n) is 13.4. The molecular weight excluding hydrogens is 324 g/mol. The van der Waals surface area contributed by atoms with Crippen LogP contribution in [0.25, 0.3) is 0 Å². The quantitative estimate of drug-likeness (QED) is 0.876. The average Bonchev–Trinajstić information content (AvgIpc) is 2.77. The molecule has 4 nitrogen and oxygen atoms in total. The molecule has 1 atom stereocenters. The van der Waals surface area contributed by atoms with Crippen molar-refractivity contribution in [1.29, 1.82) is 0 Å². The first kappa shape index (κ1) is 16.8. The summed E-state index contributed by atoms with van der Waals surface area (Å²) in [6, 6.07) is 14.2. The standard InChI is InChI=1S/C19H21ClN2O2/c20-15-6-3-13(4-7-15)10-18-17-11-16(24-12-19(21)23)8-5-14(17)2-1-9-22-18/h3-8,11,18,22H,1-2,9-10,12H2,(H2,21,23). The third-order valence-electron chi connectivity index (χ3n) is 4.24. The van der Waals surface area contributed by atoms with Gasteiger partial charge in [0.1, 0.15) is 5.75 Å². The zero-order valence-corrected chi connectivity index (χ0v) is 14.2. The fourth-order valence-electron chi connectivity index (χ4n) is 3.07. The number of rotatable bonds is 5. The molecule has 0 aromatic heterocycles. The maximum atomic E-state index is 10.9. The summed E-state index contributed by atoms with van der Waals surface area (Å²) in [5.74, 6) is 0.207. The minimum atomic E-state index is -0.471. The molecular formula is C19H21ClN2O2. The Bertz CT molecular complexity index is 716. The van der Waals surface area contributed by atoms with Crippen molar-refractivity contribution in [3.8, 4) is 5.75 Å². The van der Waals surface area contributed by atoms with Crippen molar-refractivity contribution < 1.29 is 9.53 Å². The van der Waals surface area contributed by atoms with Crippen LogP contribution in [0.1, 0.15) is 29.2 Å². The van der Waals surface area contributed by atoms with Gasteiger partial charge >= 0.3 is 0 Å². The molecule has 5 heteroatoms. The monoisotopic (exact) mass is 344 g/mol. The van der Waals surface area contributed by atoms with Gasteiger partial charge in [0.25, 0.3) is 5.91 Å². The van der Waals surface area contributed by atoms with E-state index in [1.807, 2.05) is 24.3 Å². The Kier molecular flexibility index (Phi) is 5.38. The number of hydrogen-bond donors (Lipinski definition) is 2. The number of carbonyl (C=O) groups is 1. The lowest BCUT2D eigenvalue weighted by molar-refractivity contribution is -0.119. The molecule has 3 rings (SSSR count). The third kappa shape index (κ3) is 4.28. The van der Waals surface area contributed by atoms with Gasteiger partial charge in [-0.25, -0.2) is 0 Å². The van der Waals surface area contributed by atoms with Crippen LogP contribution in [0.5, 0.6) is 5.75 Å². The molecule has 0 radical (unpaired) electrons. The van der Waals surface area contributed by atoms with Crippen molar-refractivity contribution in [2.45, 2.75) is 25.3 Å². The number of primary amides is 1. The molecule has 0 bridgehead atoms. The Balaban J connectivity index is 1.84. The summed E-state index contributed by atoms with van der Waals surface area (Å²) in [7, 11) is 0. The second-order valence-electron chi connectivity index (χ2n) is 6.06. The fraction of sp³-hybridized carbons (Fsp3) is 0.316. The van der Waals surface area contributed by atoms with E-state index in [0.717, 1.165) is 30.8 Å². The Morgan fingerprint density at radius 1 is 1.25 bits per heavy atom. The van der Waals surface area contributed by atoms with E-state index >= 15 is 0 Å². The van der Waals surface area contributed by atoms with Crippen LogP contribution in [0.15, 0.2) is 42.5 Å². The lowest BCUT2D eigenvalue weighted by Crippen LogP contribution is -2.23. The summed E-state index contributed by atoms with van der Waals surface area (Å²) >= 11 is 5.97. The van der Waals surface area contributed by atoms with Crippen LogP contribution in [-0.2, 0) is 17.6 Å². The Labute approximate surface area is 147 Å². The highest BCUT2D eigenvalue weighted by Gasteiger charge is 2.19. The summed E-state index contributed by atoms with van der Waals surface area (Å²) in [4.78, 5) is 10.9. The topological polar surface area (TPSA) is 64.4 Å². The minimum Gasteiger partial charge on any atom is -0.484 e. The van der Waals surface area contributed by atoms with E-state index < -0.39 is 5.91 Å². The molecule has 2 aromatic rings. The van der Waals surface area contributed by atoms with Crippen molar-refractivity contribution in [2.24, 2.45) is 5.73 Å².